The minimum absolute atomic E-state index is 0.143. The smallest absolute Gasteiger partial charge is 0.312 e. The number of aromatic amines is 1. The summed E-state index contributed by atoms with van der Waals surface area (Å²) < 4.78 is 1.02. The van der Waals surface area contributed by atoms with Crippen LogP contribution in [-0.4, -0.2) is 23.8 Å². The van der Waals surface area contributed by atoms with Crippen LogP contribution < -0.4 is 16.3 Å². The summed E-state index contributed by atoms with van der Waals surface area (Å²) in [5.41, 5.74) is -0.419. The van der Waals surface area contributed by atoms with E-state index >= 15 is 0 Å². The number of hydrogen-bond acceptors (Lipinski definition) is 3. The summed E-state index contributed by atoms with van der Waals surface area (Å²) in [4.78, 5) is 25.7. The van der Waals surface area contributed by atoms with Crippen LogP contribution in [0.25, 0.3) is 0 Å². The van der Waals surface area contributed by atoms with Crippen molar-refractivity contribution >= 4 is 11.6 Å². The van der Waals surface area contributed by atoms with Crippen LogP contribution in [-0.2, 0) is 6.42 Å². The molecule has 0 amide bonds. The molecule has 0 unspecified atom stereocenters. The van der Waals surface area contributed by atoms with Gasteiger partial charge in [-0.25, -0.2) is 4.79 Å². The van der Waals surface area contributed by atoms with Gasteiger partial charge in [-0.3, -0.25) is 9.78 Å². The molecular weight excluding hydrogens is 218 g/mol. The Morgan fingerprint density at radius 1 is 1.40 bits per heavy atom. The van der Waals surface area contributed by atoms with E-state index in [1.54, 1.807) is 14.1 Å². The minimum atomic E-state index is -0.519. The second-order valence-electron chi connectivity index (χ2n) is 3.44. The Labute approximate surface area is 92.3 Å². The van der Waals surface area contributed by atoms with E-state index in [2.05, 4.69) is 4.98 Å². The van der Waals surface area contributed by atoms with Crippen molar-refractivity contribution in [3.8, 4) is 0 Å². The number of rotatable bonds is 3. The summed E-state index contributed by atoms with van der Waals surface area (Å²) in [5, 5.41) is 1.57. The highest BCUT2D eigenvalue weighted by Crippen LogP contribution is 2.07. The molecule has 1 heterocycles. The van der Waals surface area contributed by atoms with E-state index < -0.39 is 5.69 Å². The molecule has 0 aliphatic rings. The maximum atomic E-state index is 11.9. The Morgan fingerprint density at radius 3 is 2.47 bits per heavy atom. The van der Waals surface area contributed by atoms with E-state index in [-0.39, 0.29) is 10.7 Å². The molecule has 15 heavy (non-hydrogen) atoms. The average molecular weight is 232 g/mol. The van der Waals surface area contributed by atoms with E-state index in [0.29, 0.717) is 12.0 Å². The minimum Gasteiger partial charge on any atom is -0.312 e. The van der Waals surface area contributed by atoms with E-state index in [4.69, 9.17) is 11.6 Å². The standard InChI is InChI=1S/C9H14ClN3O2/c1-4-5-6-7(10)11-9(15)13(8(6)14)12(2)3/h4-5H2,1-3H3,(H,11,15). The first-order chi connectivity index (χ1) is 6.99. The number of nitrogens with zero attached hydrogens (tertiary/aromatic N) is 2. The van der Waals surface area contributed by atoms with Crippen LogP contribution >= 0.6 is 11.6 Å². The highest BCUT2D eigenvalue weighted by molar-refractivity contribution is 6.30. The van der Waals surface area contributed by atoms with Crippen molar-refractivity contribution in [2.45, 2.75) is 19.8 Å². The molecular formula is C9H14ClN3O2. The molecule has 0 fully saturated rings. The van der Waals surface area contributed by atoms with E-state index in [1.807, 2.05) is 6.92 Å². The van der Waals surface area contributed by atoms with Crippen molar-refractivity contribution < 1.29 is 0 Å². The van der Waals surface area contributed by atoms with Crippen LogP contribution in [0.15, 0.2) is 9.59 Å². The van der Waals surface area contributed by atoms with Gasteiger partial charge in [-0.2, -0.15) is 4.68 Å². The normalized spacial score (nSPS) is 10.4. The number of H-pyrrole nitrogens is 1. The van der Waals surface area contributed by atoms with Gasteiger partial charge >= 0.3 is 5.69 Å². The first-order valence-electron chi connectivity index (χ1n) is 4.70. The average Bonchev–Trinajstić information content (AvgIpc) is 2.11. The van der Waals surface area contributed by atoms with Crippen LogP contribution in [0.1, 0.15) is 18.9 Å². The van der Waals surface area contributed by atoms with Crippen molar-refractivity contribution in [3.63, 3.8) is 0 Å². The Morgan fingerprint density at radius 2 is 2.00 bits per heavy atom. The summed E-state index contributed by atoms with van der Waals surface area (Å²) in [7, 11) is 3.25. The second-order valence-corrected chi connectivity index (χ2v) is 3.81. The molecule has 0 aliphatic carbocycles. The Hall–Kier alpha value is -1.23. The van der Waals surface area contributed by atoms with Gasteiger partial charge in [-0.1, -0.05) is 24.9 Å². The molecule has 1 aromatic rings. The molecule has 0 bridgehead atoms. The lowest BCUT2D eigenvalue weighted by Gasteiger charge is -2.15. The van der Waals surface area contributed by atoms with Crippen molar-refractivity contribution in [1.82, 2.24) is 9.66 Å². The zero-order valence-electron chi connectivity index (χ0n) is 9.00. The van der Waals surface area contributed by atoms with Crippen LogP contribution in [0.2, 0.25) is 5.15 Å². The summed E-state index contributed by atoms with van der Waals surface area (Å²) in [5.74, 6) is 0. The zero-order valence-corrected chi connectivity index (χ0v) is 9.76. The molecule has 0 saturated carbocycles. The predicted octanol–water partition coefficient (Wildman–Crippen LogP) is 0.340. The third-order valence-corrected chi connectivity index (χ3v) is 2.35. The van der Waals surface area contributed by atoms with Crippen molar-refractivity contribution in [2.75, 3.05) is 19.1 Å². The van der Waals surface area contributed by atoms with Crippen LogP contribution in [0.3, 0.4) is 0 Å². The molecule has 5 nitrogen and oxygen atoms in total. The highest BCUT2D eigenvalue weighted by atomic mass is 35.5. The van der Waals surface area contributed by atoms with Crippen molar-refractivity contribution in [2.24, 2.45) is 0 Å². The lowest BCUT2D eigenvalue weighted by atomic mass is 10.2. The molecule has 1 aromatic heterocycles. The topological polar surface area (TPSA) is 58.1 Å². The Kier molecular flexibility index (Phi) is 3.57. The molecule has 0 aromatic carbocycles. The first kappa shape index (κ1) is 11.8. The van der Waals surface area contributed by atoms with Crippen molar-refractivity contribution in [1.29, 1.82) is 0 Å². The molecule has 84 valence electrons. The van der Waals surface area contributed by atoms with Gasteiger partial charge in [0, 0.05) is 14.1 Å². The Balaban J connectivity index is 3.50. The third kappa shape index (κ3) is 2.23. The molecule has 0 atom stereocenters. The maximum Gasteiger partial charge on any atom is 0.348 e. The number of halogens is 1. The molecule has 1 N–H and O–H groups in total. The summed E-state index contributed by atoms with van der Waals surface area (Å²) in [6.07, 6.45) is 1.36. The molecule has 0 radical (unpaired) electrons. The first-order valence-corrected chi connectivity index (χ1v) is 5.08. The predicted molar refractivity (Wildman–Crippen MR) is 60.4 cm³/mol. The molecule has 0 spiro atoms. The van der Waals surface area contributed by atoms with Gasteiger partial charge in [0.1, 0.15) is 5.15 Å². The monoisotopic (exact) mass is 231 g/mol. The van der Waals surface area contributed by atoms with Crippen molar-refractivity contribution in [3.05, 3.63) is 31.6 Å². The molecule has 0 aliphatic heterocycles. The molecule has 6 heteroatoms. The Bertz CT molecular complexity index is 461. The largest absolute Gasteiger partial charge is 0.348 e. The highest BCUT2D eigenvalue weighted by Gasteiger charge is 2.12. The lowest BCUT2D eigenvalue weighted by molar-refractivity contribution is 0.639. The molecule has 1 rings (SSSR count). The fourth-order valence-electron chi connectivity index (χ4n) is 1.37. The van der Waals surface area contributed by atoms with Gasteiger partial charge < -0.3 is 5.01 Å². The molecule has 0 saturated heterocycles. The third-order valence-electron chi connectivity index (χ3n) is 2.02. The quantitative estimate of drug-likeness (QED) is 0.764. The van der Waals surface area contributed by atoms with Gasteiger partial charge in [-0.05, 0) is 6.42 Å². The number of nitrogens with one attached hydrogen (secondary N) is 1. The lowest BCUT2D eigenvalue weighted by Crippen LogP contribution is -2.47. The van der Waals surface area contributed by atoms with Crippen LogP contribution in [0, 0.1) is 0 Å². The van der Waals surface area contributed by atoms with E-state index in [0.717, 1.165) is 11.1 Å². The SMILES string of the molecule is CCCc1c(Cl)[nH]c(=O)n(N(C)C)c1=O. The summed E-state index contributed by atoms with van der Waals surface area (Å²) in [6.45, 7) is 1.95. The fraction of sp³-hybridized carbons (Fsp3) is 0.556. The van der Waals surface area contributed by atoms with Gasteiger partial charge in [0.15, 0.2) is 0 Å². The second kappa shape index (κ2) is 4.53. The zero-order chi connectivity index (χ0) is 11.6. The van der Waals surface area contributed by atoms with Gasteiger partial charge in [0.25, 0.3) is 5.56 Å². The van der Waals surface area contributed by atoms with E-state index in [1.165, 1.54) is 5.01 Å². The summed E-state index contributed by atoms with van der Waals surface area (Å²) in [6, 6.07) is 0. The van der Waals surface area contributed by atoms with Gasteiger partial charge in [0.2, 0.25) is 0 Å². The van der Waals surface area contributed by atoms with Gasteiger partial charge in [-0.15, -0.1) is 0 Å². The van der Waals surface area contributed by atoms with E-state index in [9.17, 15) is 9.59 Å². The number of aromatic nitrogens is 2. The van der Waals surface area contributed by atoms with Gasteiger partial charge in [0.05, 0.1) is 5.56 Å². The maximum absolute atomic E-state index is 11.9. The fourth-order valence-corrected chi connectivity index (χ4v) is 1.62. The summed E-state index contributed by atoms with van der Waals surface area (Å²) >= 11 is 5.80. The number of hydrogen-bond donors (Lipinski definition) is 1. The van der Waals surface area contributed by atoms with Crippen LogP contribution in [0.4, 0.5) is 0 Å². The van der Waals surface area contributed by atoms with Crippen LogP contribution in [0.5, 0.6) is 0 Å².